The molecule has 0 amide bonds. The van der Waals surface area contributed by atoms with Gasteiger partial charge in [-0.15, -0.1) is 0 Å². The quantitative estimate of drug-likeness (QED) is 0.620. The number of rotatable bonds is 5. The highest BCUT2D eigenvalue weighted by molar-refractivity contribution is 6.49. The molecule has 0 atom stereocenters. The first-order valence-corrected chi connectivity index (χ1v) is 9.63. The monoisotopic (exact) mass is 284 g/mol. The van der Waals surface area contributed by atoms with Crippen LogP contribution in [0.3, 0.4) is 0 Å². The average Bonchev–Trinajstić information content (AvgIpc) is 2.42. The molecule has 1 heterocycles. The van der Waals surface area contributed by atoms with Crippen LogP contribution in [0.2, 0.25) is 13.1 Å². The Labute approximate surface area is 122 Å². The van der Waals surface area contributed by atoms with Gasteiger partial charge >= 0.3 is 0 Å². The van der Waals surface area contributed by atoms with E-state index < -0.39 is 9.04 Å². The Balaban J connectivity index is 2.10. The second-order valence-corrected chi connectivity index (χ2v) is 7.25. The van der Waals surface area contributed by atoms with Crippen molar-refractivity contribution in [1.29, 1.82) is 0 Å². The molecule has 0 bridgehead atoms. The van der Waals surface area contributed by atoms with Gasteiger partial charge < -0.3 is 4.43 Å². The highest BCUT2D eigenvalue weighted by atomic mass is 28.3. The molecule has 1 aromatic heterocycles. The zero-order chi connectivity index (χ0) is 14.4. The van der Waals surface area contributed by atoms with Crippen LogP contribution in [0, 0.1) is 6.92 Å². The summed E-state index contributed by atoms with van der Waals surface area (Å²) in [6.45, 7) is 6.37. The van der Waals surface area contributed by atoms with Crippen molar-refractivity contribution in [1.82, 2.24) is 4.98 Å². The first kappa shape index (κ1) is 14.5. The van der Waals surface area contributed by atoms with Gasteiger partial charge in [-0.1, -0.05) is 18.2 Å². The maximum Gasteiger partial charge on any atom is 0.229 e. The van der Waals surface area contributed by atoms with Crippen LogP contribution in [0.1, 0.15) is 11.3 Å². The number of aliphatic imine (C=N–C) groups is 1. The van der Waals surface area contributed by atoms with Gasteiger partial charge in [-0.05, 0) is 43.8 Å². The molecule has 0 aliphatic rings. The molecule has 3 nitrogen and oxygen atoms in total. The summed E-state index contributed by atoms with van der Waals surface area (Å²) in [6.07, 6.45) is 4.46. The number of hydrogen-bond donors (Lipinski definition) is 0. The van der Waals surface area contributed by atoms with Crippen LogP contribution in [0.4, 0.5) is 5.69 Å². The van der Waals surface area contributed by atoms with Crippen molar-refractivity contribution in [3.05, 3.63) is 53.9 Å². The zero-order valence-corrected chi connectivity index (χ0v) is 13.4. The van der Waals surface area contributed by atoms with E-state index in [0.29, 0.717) is 0 Å². The summed E-state index contributed by atoms with van der Waals surface area (Å²) in [5.41, 5.74) is 3.15. The van der Waals surface area contributed by atoms with Gasteiger partial charge in [-0.2, -0.15) is 0 Å². The molecule has 0 aliphatic heterocycles. The molecule has 2 aromatic rings. The van der Waals surface area contributed by atoms with Crippen LogP contribution in [-0.2, 0) is 6.42 Å². The number of aryl methyl sites for hydroxylation is 1. The number of pyridine rings is 1. The van der Waals surface area contributed by atoms with Gasteiger partial charge in [0.2, 0.25) is 9.04 Å². The summed E-state index contributed by atoms with van der Waals surface area (Å²) in [5.74, 6) is 0.878. The van der Waals surface area contributed by atoms with Crippen LogP contribution in [-0.4, -0.2) is 20.2 Å². The van der Waals surface area contributed by atoms with Gasteiger partial charge in [0.1, 0.15) is 11.4 Å². The third-order valence-electron chi connectivity index (χ3n) is 2.86. The van der Waals surface area contributed by atoms with Crippen LogP contribution >= 0.6 is 0 Å². The molecule has 4 heteroatoms. The minimum Gasteiger partial charge on any atom is -0.546 e. The van der Waals surface area contributed by atoms with E-state index in [2.05, 4.69) is 36.1 Å². The van der Waals surface area contributed by atoms with Gasteiger partial charge in [0, 0.05) is 24.5 Å². The zero-order valence-electron chi connectivity index (χ0n) is 12.2. The van der Waals surface area contributed by atoms with Crippen molar-refractivity contribution >= 4 is 20.9 Å². The second-order valence-electron chi connectivity index (χ2n) is 4.92. The van der Waals surface area contributed by atoms with Crippen molar-refractivity contribution in [2.75, 3.05) is 0 Å². The van der Waals surface area contributed by atoms with Gasteiger partial charge in [-0.3, -0.25) is 9.98 Å². The molecule has 0 unspecified atom stereocenters. The van der Waals surface area contributed by atoms with E-state index >= 15 is 0 Å². The average molecular weight is 284 g/mol. The van der Waals surface area contributed by atoms with E-state index in [1.165, 1.54) is 5.56 Å². The third-order valence-corrected chi connectivity index (χ3v) is 3.59. The van der Waals surface area contributed by atoms with Crippen molar-refractivity contribution in [3.8, 4) is 5.75 Å². The third kappa shape index (κ3) is 4.03. The van der Waals surface area contributed by atoms with Crippen LogP contribution in [0.5, 0.6) is 5.75 Å². The lowest BCUT2D eigenvalue weighted by Gasteiger charge is -2.11. The van der Waals surface area contributed by atoms with Crippen LogP contribution < -0.4 is 4.43 Å². The molecule has 20 heavy (non-hydrogen) atoms. The largest absolute Gasteiger partial charge is 0.546 e. The van der Waals surface area contributed by atoms with Crippen molar-refractivity contribution in [3.63, 3.8) is 0 Å². The molecule has 0 saturated carbocycles. The van der Waals surface area contributed by atoms with Crippen molar-refractivity contribution < 1.29 is 4.43 Å². The fourth-order valence-corrected chi connectivity index (χ4v) is 2.59. The first-order valence-electron chi connectivity index (χ1n) is 6.85. The summed E-state index contributed by atoms with van der Waals surface area (Å²) in [5, 5.41) is 0. The normalized spacial score (nSPS) is 11.2. The molecule has 2 rings (SSSR count). The Kier molecular flexibility index (Phi) is 5.07. The molecule has 0 spiro atoms. The van der Waals surface area contributed by atoms with Crippen molar-refractivity contribution in [2.45, 2.75) is 26.4 Å². The molecule has 104 valence electrons. The smallest absolute Gasteiger partial charge is 0.229 e. The van der Waals surface area contributed by atoms with Crippen LogP contribution in [0.15, 0.2) is 47.6 Å². The SMILES string of the molecule is Cc1cccnc1CC=Nc1ccccc1O[SiH](C)C. The molecule has 0 radical (unpaired) electrons. The van der Waals surface area contributed by atoms with Crippen LogP contribution in [0.25, 0.3) is 0 Å². The second kappa shape index (κ2) is 7.00. The fraction of sp³-hybridized carbons (Fsp3) is 0.250. The highest BCUT2D eigenvalue weighted by Crippen LogP contribution is 2.27. The Morgan fingerprint density at radius 3 is 2.75 bits per heavy atom. The number of nitrogens with zero attached hydrogens (tertiary/aromatic N) is 2. The van der Waals surface area contributed by atoms with E-state index in [1.807, 2.05) is 42.7 Å². The lowest BCUT2D eigenvalue weighted by molar-refractivity contribution is 0.582. The van der Waals surface area contributed by atoms with E-state index in [-0.39, 0.29) is 0 Å². The minimum atomic E-state index is -1.11. The molecular weight excluding hydrogens is 264 g/mol. The molecular formula is C16H20N2OSi. The first-order chi connectivity index (χ1) is 9.66. The number of benzene rings is 1. The predicted molar refractivity (Wildman–Crippen MR) is 86.8 cm³/mol. The van der Waals surface area contributed by atoms with E-state index in [4.69, 9.17) is 4.43 Å². The van der Waals surface area contributed by atoms with E-state index in [0.717, 1.165) is 23.6 Å². The van der Waals surface area contributed by atoms with Gasteiger partial charge in [0.25, 0.3) is 0 Å². The fourth-order valence-electron chi connectivity index (χ4n) is 1.88. The molecule has 0 aliphatic carbocycles. The lowest BCUT2D eigenvalue weighted by atomic mass is 10.2. The maximum absolute atomic E-state index is 5.88. The Morgan fingerprint density at radius 2 is 2.00 bits per heavy atom. The Bertz CT molecular complexity index is 597. The summed E-state index contributed by atoms with van der Waals surface area (Å²) < 4.78 is 5.88. The molecule has 0 fully saturated rings. The molecule has 0 N–H and O–H groups in total. The Morgan fingerprint density at radius 1 is 1.20 bits per heavy atom. The topological polar surface area (TPSA) is 34.5 Å². The predicted octanol–water partition coefficient (Wildman–Crippen LogP) is 3.70. The standard InChI is InChI=1S/C16H20N2OSi/c1-13-7-6-11-17-14(13)10-12-18-15-8-4-5-9-16(15)19-20(2)3/h4-9,11-12,20H,10H2,1-3H3. The minimum absolute atomic E-state index is 0.736. The van der Waals surface area contributed by atoms with Gasteiger partial charge in [0.15, 0.2) is 0 Å². The molecule has 0 saturated heterocycles. The van der Waals surface area contributed by atoms with E-state index in [1.54, 1.807) is 0 Å². The summed E-state index contributed by atoms with van der Waals surface area (Å²) in [4.78, 5) is 8.89. The highest BCUT2D eigenvalue weighted by Gasteiger charge is 2.04. The number of para-hydroxylation sites is 2. The maximum atomic E-state index is 5.88. The molecule has 1 aromatic carbocycles. The summed E-state index contributed by atoms with van der Waals surface area (Å²) >= 11 is 0. The Hall–Kier alpha value is -1.94. The summed E-state index contributed by atoms with van der Waals surface area (Å²) in [6, 6.07) is 11.9. The van der Waals surface area contributed by atoms with E-state index in [9.17, 15) is 0 Å². The number of aromatic nitrogens is 1. The lowest BCUT2D eigenvalue weighted by Crippen LogP contribution is -2.11. The van der Waals surface area contributed by atoms with Crippen molar-refractivity contribution in [2.24, 2.45) is 4.99 Å². The summed E-state index contributed by atoms with van der Waals surface area (Å²) in [7, 11) is -1.11. The van der Waals surface area contributed by atoms with Gasteiger partial charge in [-0.25, -0.2) is 0 Å². The number of hydrogen-bond acceptors (Lipinski definition) is 3. The van der Waals surface area contributed by atoms with Gasteiger partial charge in [0.05, 0.1) is 0 Å².